The average molecular weight is 289 g/mol. The first-order valence-electron chi connectivity index (χ1n) is 5.74. The number of hydrogen-bond donors (Lipinski definition) is 2. The number of carboxylic acid groups (broad SMARTS) is 1. The lowest BCUT2D eigenvalue weighted by Crippen LogP contribution is -2.01. The van der Waals surface area contributed by atoms with Crippen LogP contribution in [0.25, 0.3) is 5.65 Å². The molecule has 1 aromatic carbocycles. The van der Waals surface area contributed by atoms with E-state index in [0.29, 0.717) is 17.2 Å². The van der Waals surface area contributed by atoms with E-state index in [-0.39, 0.29) is 10.6 Å². The van der Waals surface area contributed by atoms with Crippen molar-refractivity contribution in [2.75, 3.05) is 5.32 Å². The number of anilines is 2. The van der Waals surface area contributed by atoms with Gasteiger partial charge in [-0.2, -0.15) is 5.10 Å². The topological polar surface area (TPSA) is 79.5 Å². The lowest BCUT2D eigenvalue weighted by Gasteiger charge is -2.07. The van der Waals surface area contributed by atoms with Crippen LogP contribution in [0.15, 0.2) is 42.7 Å². The Morgan fingerprint density at radius 1 is 1.30 bits per heavy atom. The van der Waals surface area contributed by atoms with Crippen LogP contribution in [0.3, 0.4) is 0 Å². The number of nitrogens with zero attached hydrogens (tertiary/aromatic N) is 3. The van der Waals surface area contributed by atoms with Crippen molar-refractivity contribution in [1.82, 2.24) is 14.6 Å². The Morgan fingerprint density at radius 2 is 2.15 bits per heavy atom. The highest BCUT2D eigenvalue weighted by Gasteiger charge is 2.09. The van der Waals surface area contributed by atoms with Gasteiger partial charge in [-0.3, -0.25) is 0 Å². The lowest BCUT2D eigenvalue weighted by atomic mass is 10.2. The van der Waals surface area contributed by atoms with Gasteiger partial charge in [0.05, 0.1) is 16.8 Å². The minimum Gasteiger partial charge on any atom is -0.478 e. The third-order valence-corrected chi connectivity index (χ3v) is 3.06. The van der Waals surface area contributed by atoms with Crippen LogP contribution in [-0.4, -0.2) is 25.7 Å². The molecule has 20 heavy (non-hydrogen) atoms. The van der Waals surface area contributed by atoms with Crippen LogP contribution >= 0.6 is 11.6 Å². The third-order valence-electron chi connectivity index (χ3n) is 2.73. The zero-order chi connectivity index (χ0) is 14.1. The highest BCUT2D eigenvalue weighted by atomic mass is 35.5. The number of hydrogen-bond acceptors (Lipinski definition) is 4. The molecule has 0 fully saturated rings. The number of aromatic nitrogens is 3. The van der Waals surface area contributed by atoms with E-state index in [4.69, 9.17) is 16.7 Å². The molecular formula is C13H9ClN4O2. The molecule has 2 heterocycles. The Morgan fingerprint density at radius 3 is 2.95 bits per heavy atom. The average Bonchev–Trinajstić information content (AvgIpc) is 2.88. The van der Waals surface area contributed by atoms with Crippen LogP contribution in [-0.2, 0) is 0 Å². The van der Waals surface area contributed by atoms with E-state index >= 15 is 0 Å². The Kier molecular flexibility index (Phi) is 3.00. The summed E-state index contributed by atoms with van der Waals surface area (Å²) in [6.45, 7) is 0. The van der Waals surface area contributed by atoms with E-state index in [1.165, 1.54) is 12.1 Å². The van der Waals surface area contributed by atoms with Gasteiger partial charge in [0.25, 0.3) is 0 Å². The zero-order valence-electron chi connectivity index (χ0n) is 10.1. The van der Waals surface area contributed by atoms with E-state index in [1.807, 2.05) is 0 Å². The number of carboxylic acids is 1. The molecule has 2 aromatic heterocycles. The number of halogens is 1. The van der Waals surface area contributed by atoms with E-state index in [9.17, 15) is 4.79 Å². The van der Waals surface area contributed by atoms with Crippen molar-refractivity contribution in [2.45, 2.75) is 0 Å². The second kappa shape index (κ2) is 4.82. The molecule has 3 rings (SSSR count). The Hall–Kier alpha value is -2.60. The molecule has 0 aliphatic heterocycles. The molecule has 7 heteroatoms. The molecule has 0 atom stereocenters. The van der Waals surface area contributed by atoms with Crippen molar-refractivity contribution in [2.24, 2.45) is 0 Å². The number of nitrogens with one attached hydrogen (secondary N) is 1. The second-order valence-electron chi connectivity index (χ2n) is 4.07. The Labute approximate surface area is 118 Å². The van der Waals surface area contributed by atoms with E-state index in [1.54, 1.807) is 35.1 Å². The molecule has 0 spiro atoms. The van der Waals surface area contributed by atoms with Gasteiger partial charge in [-0.05, 0) is 24.3 Å². The van der Waals surface area contributed by atoms with Gasteiger partial charge >= 0.3 is 5.97 Å². The van der Waals surface area contributed by atoms with Crippen LogP contribution in [0, 0.1) is 0 Å². The SMILES string of the molecule is O=C(O)c1cc(Nc2ccn3nccc3n2)ccc1Cl. The predicted octanol–water partition coefficient (Wildman–Crippen LogP) is 2.82. The predicted molar refractivity (Wildman–Crippen MR) is 74.7 cm³/mol. The molecule has 0 bridgehead atoms. The van der Waals surface area contributed by atoms with Crippen molar-refractivity contribution < 1.29 is 9.90 Å². The van der Waals surface area contributed by atoms with Gasteiger partial charge in [0.1, 0.15) is 5.82 Å². The monoisotopic (exact) mass is 288 g/mol. The minimum atomic E-state index is -1.07. The Balaban J connectivity index is 1.94. The van der Waals surface area contributed by atoms with Crippen molar-refractivity contribution in [3.8, 4) is 0 Å². The molecule has 6 nitrogen and oxygen atoms in total. The fraction of sp³-hybridized carbons (Fsp3) is 0. The standard InChI is InChI=1S/C13H9ClN4O2/c14-10-2-1-8(7-9(10)13(19)20)16-11-4-6-18-12(17-11)3-5-15-18/h1-7H,(H,16,17)(H,19,20). The summed E-state index contributed by atoms with van der Waals surface area (Å²) < 4.78 is 1.63. The van der Waals surface area contributed by atoms with Crippen LogP contribution in [0.2, 0.25) is 5.02 Å². The van der Waals surface area contributed by atoms with Gasteiger partial charge in [-0.1, -0.05) is 11.6 Å². The van der Waals surface area contributed by atoms with Crippen LogP contribution in [0.1, 0.15) is 10.4 Å². The van der Waals surface area contributed by atoms with Crippen LogP contribution in [0.5, 0.6) is 0 Å². The summed E-state index contributed by atoms with van der Waals surface area (Å²) in [6.07, 6.45) is 3.41. The first kappa shape index (κ1) is 12.4. The number of aromatic carboxylic acids is 1. The fourth-order valence-corrected chi connectivity index (χ4v) is 2.00. The quantitative estimate of drug-likeness (QED) is 0.775. The van der Waals surface area contributed by atoms with Crippen molar-refractivity contribution >= 4 is 34.7 Å². The Bertz CT molecular complexity index is 800. The van der Waals surface area contributed by atoms with Crippen molar-refractivity contribution in [3.05, 3.63) is 53.3 Å². The first-order valence-corrected chi connectivity index (χ1v) is 6.11. The summed E-state index contributed by atoms with van der Waals surface area (Å²) in [5.41, 5.74) is 1.34. The maximum Gasteiger partial charge on any atom is 0.337 e. The van der Waals surface area contributed by atoms with E-state index in [0.717, 1.165) is 0 Å². The molecule has 0 aliphatic rings. The third kappa shape index (κ3) is 2.28. The van der Waals surface area contributed by atoms with E-state index < -0.39 is 5.97 Å². The van der Waals surface area contributed by atoms with Gasteiger partial charge in [-0.25, -0.2) is 14.3 Å². The fourth-order valence-electron chi connectivity index (χ4n) is 1.80. The summed E-state index contributed by atoms with van der Waals surface area (Å²) in [7, 11) is 0. The summed E-state index contributed by atoms with van der Waals surface area (Å²) in [4.78, 5) is 15.4. The van der Waals surface area contributed by atoms with Gasteiger partial charge in [0.15, 0.2) is 5.65 Å². The maximum absolute atomic E-state index is 11.0. The molecular weight excluding hydrogens is 280 g/mol. The lowest BCUT2D eigenvalue weighted by molar-refractivity contribution is 0.0697. The van der Waals surface area contributed by atoms with Crippen LogP contribution in [0.4, 0.5) is 11.5 Å². The highest BCUT2D eigenvalue weighted by molar-refractivity contribution is 6.33. The minimum absolute atomic E-state index is 0.0436. The molecule has 0 radical (unpaired) electrons. The van der Waals surface area contributed by atoms with Gasteiger partial charge < -0.3 is 10.4 Å². The summed E-state index contributed by atoms with van der Waals surface area (Å²) in [6, 6.07) is 8.21. The molecule has 0 amide bonds. The van der Waals surface area contributed by atoms with E-state index in [2.05, 4.69) is 15.4 Å². The molecule has 0 aliphatic carbocycles. The molecule has 2 N–H and O–H groups in total. The second-order valence-corrected chi connectivity index (χ2v) is 4.48. The number of rotatable bonds is 3. The van der Waals surface area contributed by atoms with Crippen molar-refractivity contribution in [1.29, 1.82) is 0 Å². The van der Waals surface area contributed by atoms with Gasteiger partial charge in [0, 0.05) is 18.0 Å². The zero-order valence-corrected chi connectivity index (χ0v) is 10.9. The number of carbonyl (C=O) groups is 1. The largest absolute Gasteiger partial charge is 0.478 e. The van der Waals surface area contributed by atoms with Crippen LogP contribution < -0.4 is 5.32 Å². The first-order chi connectivity index (χ1) is 9.63. The smallest absolute Gasteiger partial charge is 0.337 e. The highest BCUT2D eigenvalue weighted by Crippen LogP contribution is 2.22. The molecule has 0 unspecified atom stereocenters. The molecule has 3 aromatic rings. The molecule has 0 saturated carbocycles. The number of fused-ring (bicyclic) bond motifs is 1. The molecule has 100 valence electrons. The van der Waals surface area contributed by atoms with Gasteiger partial charge in [0.2, 0.25) is 0 Å². The number of benzene rings is 1. The normalized spacial score (nSPS) is 10.7. The molecule has 0 saturated heterocycles. The van der Waals surface area contributed by atoms with Crippen molar-refractivity contribution in [3.63, 3.8) is 0 Å². The van der Waals surface area contributed by atoms with Gasteiger partial charge in [-0.15, -0.1) is 0 Å². The summed E-state index contributed by atoms with van der Waals surface area (Å²) in [5, 5.41) is 16.3. The summed E-state index contributed by atoms with van der Waals surface area (Å²) >= 11 is 5.82. The maximum atomic E-state index is 11.0. The summed E-state index contributed by atoms with van der Waals surface area (Å²) in [5.74, 6) is -0.477.